The summed E-state index contributed by atoms with van der Waals surface area (Å²) in [6, 6.07) is 11.4. The largest absolute Gasteiger partial charge is 0.497 e. The number of rotatable bonds is 6. The van der Waals surface area contributed by atoms with Crippen molar-refractivity contribution in [3.63, 3.8) is 0 Å². The van der Waals surface area contributed by atoms with Crippen LogP contribution >= 0.6 is 0 Å². The summed E-state index contributed by atoms with van der Waals surface area (Å²) in [6.07, 6.45) is 4.97. The number of aryl methyl sites for hydroxylation is 3. The Morgan fingerprint density at radius 2 is 1.94 bits per heavy atom. The van der Waals surface area contributed by atoms with Crippen LogP contribution in [0, 0.1) is 12.7 Å². The fraction of sp³-hybridized carbons (Fsp3) is 0.370. The first kappa shape index (κ1) is 21.6. The monoisotopic (exact) mass is 447 g/mol. The minimum Gasteiger partial charge on any atom is -0.497 e. The predicted molar refractivity (Wildman–Crippen MR) is 128 cm³/mol. The van der Waals surface area contributed by atoms with Gasteiger partial charge in [-0.05, 0) is 61.4 Å². The summed E-state index contributed by atoms with van der Waals surface area (Å²) < 4.78 is 30.5. The highest BCUT2D eigenvalue weighted by Gasteiger charge is 2.24. The van der Waals surface area contributed by atoms with E-state index in [4.69, 9.17) is 14.6 Å². The Kier molecular flexibility index (Phi) is 5.60. The molecule has 33 heavy (non-hydrogen) atoms. The van der Waals surface area contributed by atoms with Gasteiger partial charge in [0.2, 0.25) is 0 Å². The van der Waals surface area contributed by atoms with Crippen LogP contribution in [0.4, 0.5) is 4.39 Å². The van der Waals surface area contributed by atoms with Crippen molar-refractivity contribution in [2.24, 2.45) is 0 Å². The van der Waals surface area contributed by atoms with Gasteiger partial charge in [-0.1, -0.05) is 26.0 Å². The molecule has 0 unspecified atom stereocenters. The molecule has 4 aromatic rings. The second kappa shape index (κ2) is 8.58. The fourth-order valence-electron chi connectivity index (χ4n) is 4.80. The van der Waals surface area contributed by atoms with Gasteiger partial charge in [0.1, 0.15) is 29.6 Å². The first-order valence-corrected chi connectivity index (χ1v) is 11.6. The van der Waals surface area contributed by atoms with Gasteiger partial charge in [-0.2, -0.15) is 0 Å². The molecule has 172 valence electrons. The van der Waals surface area contributed by atoms with Crippen molar-refractivity contribution in [1.29, 1.82) is 0 Å². The highest BCUT2D eigenvalue weighted by molar-refractivity contribution is 5.76. The highest BCUT2D eigenvalue weighted by atomic mass is 19.1. The third-order valence-electron chi connectivity index (χ3n) is 6.53. The second-order valence-corrected chi connectivity index (χ2v) is 9.14. The van der Waals surface area contributed by atoms with Crippen LogP contribution in [0.2, 0.25) is 0 Å². The molecule has 1 aliphatic rings. The molecular weight excluding hydrogens is 417 g/mol. The Bertz CT molecular complexity index is 1320. The number of hydrogen-bond acceptors (Lipinski definition) is 3. The molecule has 2 aromatic carbocycles. The molecule has 5 rings (SSSR count). The van der Waals surface area contributed by atoms with E-state index >= 15 is 0 Å². The quantitative estimate of drug-likeness (QED) is 0.348. The molecule has 0 saturated carbocycles. The zero-order valence-electron chi connectivity index (χ0n) is 19.7. The average molecular weight is 448 g/mol. The number of methoxy groups -OCH3 is 1. The number of hydrogen-bond donors (Lipinski definition) is 0. The average Bonchev–Trinajstić information content (AvgIpc) is 3.20. The maximum Gasteiger partial charge on any atom is 0.169 e. The molecule has 0 fully saturated rings. The molecule has 0 spiro atoms. The van der Waals surface area contributed by atoms with E-state index < -0.39 is 0 Å². The summed E-state index contributed by atoms with van der Waals surface area (Å²) in [5, 5.41) is 4.86. The molecule has 0 bridgehead atoms. The van der Waals surface area contributed by atoms with Gasteiger partial charge in [-0.15, -0.1) is 5.10 Å². The molecule has 0 radical (unpaired) electrons. The standard InChI is InChI=1S/C27H30FN3O2/c1-17(2)20-10-8-18(3)13-25(20)33-16-26-29-31-15-23(21-11-9-19(32-4)14-24(21)28)22-7-5-6-12-30(26)27(22)31/h8-11,13-15,17H,5-7,12,16H2,1-4H3. The predicted octanol–water partition coefficient (Wildman–Crippen LogP) is 6.30. The smallest absolute Gasteiger partial charge is 0.169 e. The topological polar surface area (TPSA) is 40.7 Å². The van der Waals surface area contributed by atoms with Crippen LogP contribution in [0.3, 0.4) is 0 Å². The van der Waals surface area contributed by atoms with Crippen molar-refractivity contribution >= 4 is 5.65 Å². The van der Waals surface area contributed by atoms with E-state index in [9.17, 15) is 4.39 Å². The van der Waals surface area contributed by atoms with Crippen molar-refractivity contribution < 1.29 is 13.9 Å². The molecular formula is C27H30FN3O2. The van der Waals surface area contributed by atoms with Gasteiger partial charge < -0.3 is 14.0 Å². The van der Waals surface area contributed by atoms with E-state index in [0.717, 1.165) is 54.2 Å². The van der Waals surface area contributed by atoms with E-state index in [0.29, 0.717) is 23.8 Å². The van der Waals surface area contributed by atoms with Crippen molar-refractivity contribution in [3.05, 3.63) is 70.9 Å². The van der Waals surface area contributed by atoms with E-state index in [1.165, 1.54) is 17.2 Å². The summed E-state index contributed by atoms with van der Waals surface area (Å²) >= 11 is 0. The number of nitrogens with zero attached hydrogens (tertiary/aromatic N) is 3. The van der Waals surface area contributed by atoms with Crippen molar-refractivity contribution in [3.8, 4) is 22.6 Å². The molecule has 6 heteroatoms. The van der Waals surface area contributed by atoms with E-state index in [1.807, 2.05) is 10.7 Å². The maximum atomic E-state index is 14.9. The lowest BCUT2D eigenvalue weighted by Crippen LogP contribution is -2.08. The number of ether oxygens (including phenoxy) is 2. The Morgan fingerprint density at radius 3 is 2.70 bits per heavy atom. The summed E-state index contributed by atoms with van der Waals surface area (Å²) in [7, 11) is 1.55. The van der Waals surface area contributed by atoms with Crippen molar-refractivity contribution in [1.82, 2.24) is 14.2 Å². The van der Waals surface area contributed by atoms with Gasteiger partial charge in [0.25, 0.3) is 0 Å². The Balaban J connectivity index is 1.52. The minimum absolute atomic E-state index is 0.279. The molecule has 0 atom stereocenters. The number of benzene rings is 2. The Labute approximate surface area is 193 Å². The first-order chi connectivity index (χ1) is 16.0. The van der Waals surface area contributed by atoms with Gasteiger partial charge in [0.15, 0.2) is 5.82 Å². The highest BCUT2D eigenvalue weighted by Crippen LogP contribution is 2.35. The summed E-state index contributed by atoms with van der Waals surface area (Å²) in [4.78, 5) is 0. The van der Waals surface area contributed by atoms with Gasteiger partial charge in [0.05, 0.1) is 7.11 Å². The van der Waals surface area contributed by atoms with Crippen LogP contribution in [0.25, 0.3) is 16.8 Å². The first-order valence-electron chi connectivity index (χ1n) is 11.6. The maximum absolute atomic E-state index is 14.9. The SMILES string of the molecule is COc1ccc(-c2cn3nc(COc4cc(C)ccc4C(C)C)n4c3c2CCCC4)c(F)c1. The van der Waals surface area contributed by atoms with Gasteiger partial charge in [-0.25, -0.2) is 8.91 Å². The molecule has 5 nitrogen and oxygen atoms in total. The summed E-state index contributed by atoms with van der Waals surface area (Å²) in [5.41, 5.74) is 6.06. The van der Waals surface area contributed by atoms with Crippen LogP contribution in [0.1, 0.15) is 55.1 Å². The van der Waals surface area contributed by atoms with Crippen molar-refractivity contribution in [2.75, 3.05) is 7.11 Å². The van der Waals surface area contributed by atoms with Gasteiger partial charge in [0, 0.05) is 35.5 Å². The number of halogens is 1. The molecule has 0 amide bonds. The van der Waals surface area contributed by atoms with Crippen LogP contribution in [-0.4, -0.2) is 21.3 Å². The minimum atomic E-state index is -0.279. The lowest BCUT2D eigenvalue weighted by atomic mass is 10.0. The lowest BCUT2D eigenvalue weighted by Gasteiger charge is -2.15. The third-order valence-corrected chi connectivity index (χ3v) is 6.53. The molecule has 0 saturated heterocycles. The number of aromatic nitrogens is 3. The zero-order valence-corrected chi connectivity index (χ0v) is 19.7. The van der Waals surface area contributed by atoms with E-state index in [1.54, 1.807) is 19.2 Å². The fourth-order valence-corrected chi connectivity index (χ4v) is 4.80. The van der Waals surface area contributed by atoms with Gasteiger partial charge >= 0.3 is 0 Å². The van der Waals surface area contributed by atoms with Crippen LogP contribution in [0.5, 0.6) is 11.5 Å². The molecule has 1 aliphatic heterocycles. The van der Waals surface area contributed by atoms with Crippen molar-refractivity contribution in [2.45, 2.75) is 59.1 Å². The lowest BCUT2D eigenvalue weighted by molar-refractivity contribution is 0.284. The van der Waals surface area contributed by atoms with Gasteiger partial charge in [-0.3, -0.25) is 0 Å². The zero-order chi connectivity index (χ0) is 23.1. The van der Waals surface area contributed by atoms with Crippen LogP contribution < -0.4 is 9.47 Å². The normalized spacial score (nSPS) is 13.5. The van der Waals surface area contributed by atoms with E-state index in [2.05, 4.69) is 43.5 Å². The molecule has 0 N–H and O–H groups in total. The van der Waals surface area contributed by atoms with Crippen LogP contribution in [-0.2, 0) is 19.6 Å². The summed E-state index contributed by atoms with van der Waals surface area (Å²) in [6.45, 7) is 7.72. The molecule has 3 heterocycles. The third kappa shape index (κ3) is 3.88. The van der Waals surface area contributed by atoms with E-state index in [-0.39, 0.29) is 5.82 Å². The molecule has 2 aromatic heterocycles. The molecule has 0 aliphatic carbocycles. The Hall–Kier alpha value is -3.28. The second-order valence-electron chi connectivity index (χ2n) is 9.14. The van der Waals surface area contributed by atoms with Crippen LogP contribution in [0.15, 0.2) is 42.6 Å². The summed E-state index contributed by atoms with van der Waals surface area (Å²) in [5.74, 6) is 2.43. The Morgan fingerprint density at radius 1 is 1.09 bits per heavy atom.